The monoisotopic (exact) mass is 449 g/mol. The van der Waals surface area contributed by atoms with E-state index in [-0.39, 0.29) is 16.5 Å². The van der Waals surface area contributed by atoms with Crippen molar-refractivity contribution in [1.82, 2.24) is 9.29 Å². The molecule has 0 bridgehead atoms. The first-order chi connectivity index (χ1) is 13.9. The molecule has 0 unspecified atom stereocenters. The Morgan fingerprint density at radius 3 is 2.72 bits per heavy atom. The van der Waals surface area contributed by atoms with Crippen molar-refractivity contribution < 1.29 is 13.2 Å². The fraction of sp³-hybridized carbons (Fsp3) is 0.200. The third-order valence-electron chi connectivity index (χ3n) is 4.88. The number of carbonyl (C=O) groups excluding carboxylic acids is 1. The van der Waals surface area contributed by atoms with Crippen LogP contribution in [0.5, 0.6) is 0 Å². The number of aromatic nitrogens is 1. The Bertz CT molecular complexity index is 1200. The summed E-state index contributed by atoms with van der Waals surface area (Å²) < 4.78 is 28.0. The first kappa shape index (κ1) is 20.1. The number of anilines is 1. The van der Waals surface area contributed by atoms with Gasteiger partial charge in [-0.25, -0.2) is 8.42 Å². The van der Waals surface area contributed by atoms with E-state index in [1.807, 2.05) is 0 Å². The predicted octanol–water partition coefficient (Wildman–Crippen LogP) is 4.33. The Balaban J connectivity index is 1.66. The minimum absolute atomic E-state index is 0.0971. The smallest absolute Gasteiger partial charge is 0.245 e. The van der Waals surface area contributed by atoms with Gasteiger partial charge in [-0.1, -0.05) is 41.4 Å². The predicted molar refractivity (Wildman–Crippen MR) is 114 cm³/mol. The van der Waals surface area contributed by atoms with Crippen LogP contribution in [0.1, 0.15) is 12.8 Å². The molecule has 150 valence electrons. The van der Waals surface area contributed by atoms with E-state index in [1.54, 1.807) is 42.6 Å². The summed E-state index contributed by atoms with van der Waals surface area (Å²) in [6, 6.07) is 12.4. The van der Waals surface area contributed by atoms with Crippen molar-refractivity contribution in [2.45, 2.75) is 23.8 Å². The number of fused-ring (bicyclic) bond motifs is 1. The summed E-state index contributed by atoms with van der Waals surface area (Å²) >= 11 is 12.0. The zero-order chi connectivity index (χ0) is 20.6. The second-order valence-corrected chi connectivity index (χ2v) is 9.42. The van der Waals surface area contributed by atoms with Gasteiger partial charge in [-0.3, -0.25) is 9.78 Å². The molecule has 6 nitrogen and oxygen atoms in total. The number of halogens is 2. The molecule has 1 aliphatic heterocycles. The molecular formula is C20H17Cl2N3O3S. The maximum atomic E-state index is 13.4. The van der Waals surface area contributed by atoms with E-state index < -0.39 is 22.0 Å². The number of rotatable bonds is 4. The third-order valence-corrected chi connectivity index (χ3v) is 7.37. The molecule has 1 aliphatic rings. The minimum atomic E-state index is -3.91. The number of nitrogens with one attached hydrogen (secondary N) is 1. The first-order valence-corrected chi connectivity index (χ1v) is 11.2. The van der Waals surface area contributed by atoms with Crippen molar-refractivity contribution in [1.29, 1.82) is 0 Å². The summed E-state index contributed by atoms with van der Waals surface area (Å²) in [4.78, 5) is 17.2. The average molecular weight is 450 g/mol. The van der Waals surface area contributed by atoms with Crippen molar-refractivity contribution in [3.8, 4) is 0 Å². The number of hydrogen-bond donors (Lipinski definition) is 1. The van der Waals surface area contributed by atoms with Gasteiger partial charge in [-0.2, -0.15) is 4.31 Å². The molecular weight excluding hydrogens is 433 g/mol. The van der Waals surface area contributed by atoms with E-state index >= 15 is 0 Å². The maximum Gasteiger partial charge on any atom is 0.245 e. The first-order valence-electron chi connectivity index (χ1n) is 8.99. The van der Waals surface area contributed by atoms with E-state index in [0.717, 1.165) is 5.39 Å². The zero-order valence-corrected chi connectivity index (χ0v) is 17.5. The third kappa shape index (κ3) is 3.83. The van der Waals surface area contributed by atoms with E-state index in [0.29, 0.717) is 29.1 Å². The SMILES string of the molecule is O=C(Nc1ccc(Cl)cc1Cl)[C@@H]1CCCN1S(=O)(=O)c1cccc2cccnc12. The summed E-state index contributed by atoms with van der Waals surface area (Å²) in [5.74, 6) is -0.427. The second-order valence-electron chi connectivity index (χ2n) is 6.72. The summed E-state index contributed by atoms with van der Waals surface area (Å²) in [7, 11) is -3.91. The van der Waals surface area contributed by atoms with Crippen LogP contribution in [0.15, 0.2) is 59.6 Å². The quantitative estimate of drug-likeness (QED) is 0.642. The number of para-hydroxylation sites is 1. The van der Waals surface area contributed by atoms with Crippen LogP contribution in [0.2, 0.25) is 10.0 Å². The number of sulfonamides is 1. The number of carbonyl (C=O) groups is 1. The number of hydrogen-bond acceptors (Lipinski definition) is 4. The lowest BCUT2D eigenvalue weighted by Crippen LogP contribution is -2.43. The summed E-state index contributed by atoms with van der Waals surface area (Å²) in [6.45, 7) is 0.262. The van der Waals surface area contributed by atoms with Crippen LogP contribution >= 0.6 is 23.2 Å². The van der Waals surface area contributed by atoms with Gasteiger partial charge in [0.2, 0.25) is 15.9 Å². The van der Waals surface area contributed by atoms with Crippen LogP contribution in [0.3, 0.4) is 0 Å². The van der Waals surface area contributed by atoms with Gasteiger partial charge in [-0.05, 0) is 43.2 Å². The van der Waals surface area contributed by atoms with Gasteiger partial charge in [0.1, 0.15) is 10.9 Å². The lowest BCUT2D eigenvalue weighted by molar-refractivity contribution is -0.119. The molecule has 4 rings (SSSR count). The summed E-state index contributed by atoms with van der Waals surface area (Å²) in [5.41, 5.74) is 0.777. The van der Waals surface area contributed by atoms with Crippen LogP contribution in [0.4, 0.5) is 5.69 Å². The Morgan fingerprint density at radius 1 is 1.14 bits per heavy atom. The van der Waals surface area contributed by atoms with Crippen LogP contribution in [0, 0.1) is 0 Å². The molecule has 1 N–H and O–H groups in total. The van der Waals surface area contributed by atoms with Gasteiger partial charge < -0.3 is 5.32 Å². The Morgan fingerprint density at radius 2 is 1.93 bits per heavy atom. The largest absolute Gasteiger partial charge is 0.323 e. The van der Waals surface area contributed by atoms with E-state index in [1.165, 1.54) is 16.4 Å². The van der Waals surface area contributed by atoms with Gasteiger partial charge in [-0.15, -0.1) is 0 Å². The zero-order valence-electron chi connectivity index (χ0n) is 15.2. The molecule has 1 saturated heterocycles. The molecule has 29 heavy (non-hydrogen) atoms. The van der Waals surface area contributed by atoms with Crippen molar-refractivity contribution in [2.24, 2.45) is 0 Å². The molecule has 1 fully saturated rings. The number of nitrogens with zero attached hydrogens (tertiary/aromatic N) is 2. The summed E-state index contributed by atoms with van der Waals surface area (Å²) in [6.07, 6.45) is 2.57. The topological polar surface area (TPSA) is 79.4 Å². The lowest BCUT2D eigenvalue weighted by Gasteiger charge is -2.24. The van der Waals surface area contributed by atoms with Gasteiger partial charge in [0.25, 0.3) is 0 Å². The van der Waals surface area contributed by atoms with Crippen LogP contribution < -0.4 is 5.32 Å². The Kier molecular flexibility index (Phi) is 5.48. The molecule has 1 atom stereocenters. The second kappa shape index (κ2) is 7.91. The molecule has 2 heterocycles. The fourth-order valence-electron chi connectivity index (χ4n) is 3.51. The van der Waals surface area contributed by atoms with Crippen LogP contribution in [-0.4, -0.2) is 36.2 Å². The Hall–Kier alpha value is -2.19. The normalized spacial score (nSPS) is 17.5. The highest BCUT2D eigenvalue weighted by Crippen LogP contribution is 2.31. The van der Waals surface area contributed by atoms with Gasteiger partial charge in [0, 0.05) is 23.2 Å². The van der Waals surface area contributed by atoms with E-state index in [4.69, 9.17) is 23.2 Å². The fourth-order valence-corrected chi connectivity index (χ4v) is 5.79. The number of pyridine rings is 1. The van der Waals surface area contributed by atoms with Gasteiger partial charge >= 0.3 is 0 Å². The van der Waals surface area contributed by atoms with Gasteiger partial charge in [0.15, 0.2) is 0 Å². The van der Waals surface area contributed by atoms with E-state index in [9.17, 15) is 13.2 Å². The summed E-state index contributed by atoms with van der Waals surface area (Å²) in [5, 5.41) is 4.18. The number of amides is 1. The molecule has 3 aromatic rings. The number of benzene rings is 2. The molecule has 1 amide bonds. The van der Waals surface area contributed by atoms with Crippen LogP contribution in [-0.2, 0) is 14.8 Å². The van der Waals surface area contributed by atoms with Gasteiger partial charge in [0.05, 0.1) is 16.2 Å². The van der Waals surface area contributed by atoms with Crippen molar-refractivity contribution >= 4 is 55.7 Å². The highest BCUT2D eigenvalue weighted by molar-refractivity contribution is 7.89. The van der Waals surface area contributed by atoms with Crippen molar-refractivity contribution in [3.05, 3.63) is 64.8 Å². The molecule has 2 aromatic carbocycles. The van der Waals surface area contributed by atoms with Crippen molar-refractivity contribution in [2.75, 3.05) is 11.9 Å². The molecule has 0 saturated carbocycles. The molecule has 1 aromatic heterocycles. The highest BCUT2D eigenvalue weighted by Gasteiger charge is 2.40. The maximum absolute atomic E-state index is 13.4. The average Bonchev–Trinajstić information content (AvgIpc) is 3.20. The van der Waals surface area contributed by atoms with Crippen LogP contribution in [0.25, 0.3) is 10.9 Å². The lowest BCUT2D eigenvalue weighted by atomic mass is 10.2. The van der Waals surface area contributed by atoms with E-state index in [2.05, 4.69) is 10.3 Å². The Labute approximate surface area is 178 Å². The molecule has 0 spiro atoms. The molecule has 0 aliphatic carbocycles. The standard InChI is InChI=1S/C20H17Cl2N3O3S/c21-14-8-9-16(15(22)12-14)24-20(26)17-6-3-11-25(17)29(27,28)18-7-1-4-13-5-2-10-23-19(13)18/h1-2,4-5,7-10,12,17H,3,6,11H2,(H,24,26)/t17-/m0/s1. The molecule has 0 radical (unpaired) electrons. The highest BCUT2D eigenvalue weighted by atomic mass is 35.5. The van der Waals surface area contributed by atoms with Crippen molar-refractivity contribution in [3.63, 3.8) is 0 Å². The minimum Gasteiger partial charge on any atom is -0.323 e. The molecule has 9 heteroatoms.